The lowest BCUT2D eigenvalue weighted by Gasteiger charge is -2.28. The summed E-state index contributed by atoms with van der Waals surface area (Å²) in [7, 11) is 0. The molecule has 0 radical (unpaired) electrons. The van der Waals surface area contributed by atoms with Crippen molar-refractivity contribution in [3.8, 4) is 0 Å². The molecule has 0 aromatic rings. The van der Waals surface area contributed by atoms with Crippen LogP contribution in [0.15, 0.2) is 0 Å². The summed E-state index contributed by atoms with van der Waals surface area (Å²) in [6, 6.07) is 0. The summed E-state index contributed by atoms with van der Waals surface area (Å²) in [5.41, 5.74) is 0. The monoisotopic (exact) mass is 428 g/mol. The Hall–Kier alpha value is -1.46. The second-order valence-corrected chi connectivity index (χ2v) is 8.97. The molecule has 3 atom stereocenters. The van der Waals surface area contributed by atoms with Gasteiger partial charge in [0, 0.05) is 6.42 Å². The van der Waals surface area contributed by atoms with Gasteiger partial charge >= 0.3 is 12.3 Å². The van der Waals surface area contributed by atoms with Crippen LogP contribution in [0, 0.1) is 11.8 Å². The van der Waals surface area contributed by atoms with E-state index < -0.39 is 12.3 Å². The van der Waals surface area contributed by atoms with E-state index in [-0.39, 0.29) is 12.2 Å². The average molecular weight is 429 g/mol. The first-order valence-electron chi connectivity index (χ1n) is 12.1. The fraction of sp³-hybridized carbons (Fsp3) is 0.917. The molecule has 0 amide bonds. The highest BCUT2D eigenvalue weighted by atomic mass is 16.7. The van der Waals surface area contributed by atoms with E-state index in [9.17, 15) is 9.59 Å². The fourth-order valence-electron chi connectivity index (χ4n) is 3.73. The van der Waals surface area contributed by atoms with Crippen molar-refractivity contribution in [1.82, 2.24) is 0 Å². The minimum atomic E-state index is -0.617. The molecule has 0 spiro atoms. The van der Waals surface area contributed by atoms with E-state index in [1.54, 1.807) is 0 Å². The molecule has 6 heteroatoms. The van der Waals surface area contributed by atoms with Gasteiger partial charge in [0.25, 0.3) is 0 Å². The van der Waals surface area contributed by atoms with Crippen LogP contribution >= 0.6 is 0 Å². The van der Waals surface area contributed by atoms with Crippen molar-refractivity contribution in [2.24, 2.45) is 11.8 Å². The molecule has 6 nitrogen and oxygen atoms in total. The molecule has 1 aliphatic rings. The highest BCUT2D eigenvalue weighted by Gasteiger charge is 2.28. The Morgan fingerprint density at radius 2 is 1.53 bits per heavy atom. The Bertz CT molecular complexity index is 465. The molecule has 0 aromatic carbocycles. The second kappa shape index (κ2) is 16.3. The summed E-state index contributed by atoms with van der Waals surface area (Å²) < 4.78 is 21.4. The fourth-order valence-corrected chi connectivity index (χ4v) is 3.73. The summed E-state index contributed by atoms with van der Waals surface area (Å²) in [6.07, 6.45) is 9.77. The van der Waals surface area contributed by atoms with Crippen molar-refractivity contribution in [2.75, 3.05) is 13.2 Å². The van der Waals surface area contributed by atoms with Crippen LogP contribution in [0.4, 0.5) is 9.59 Å². The Balaban J connectivity index is 2.19. The van der Waals surface area contributed by atoms with Gasteiger partial charge < -0.3 is 18.9 Å². The lowest BCUT2D eigenvalue weighted by Crippen LogP contribution is -2.32. The van der Waals surface area contributed by atoms with Crippen molar-refractivity contribution >= 4 is 12.3 Å². The highest BCUT2D eigenvalue weighted by molar-refractivity contribution is 5.60. The van der Waals surface area contributed by atoms with E-state index in [4.69, 9.17) is 18.9 Å². The van der Waals surface area contributed by atoms with Crippen LogP contribution in [0.1, 0.15) is 105 Å². The maximum Gasteiger partial charge on any atom is 0.508 e. The predicted molar refractivity (Wildman–Crippen MR) is 118 cm³/mol. The van der Waals surface area contributed by atoms with Crippen molar-refractivity contribution < 1.29 is 28.5 Å². The zero-order chi connectivity index (χ0) is 22.2. The first kappa shape index (κ1) is 26.6. The molecular formula is C24H44O6. The number of ether oxygens (including phenoxy) is 4. The van der Waals surface area contributed by atoms with Crippen LogP contribution in [0.3, 0.4) is 0 Å². The lowest BCUT2D eigenvalue weighted by molar-refractivity contribution is -0.0374. The molecule has 0 heterocycles. The Morgan fingerprint density at radius 3 is 2.13 bits per heavy atom. The Labute approximate surface area is 183 Å². The molecule has 1 rings (SSSR count). The number of carbonyl (C=O) groups is 2. The normalized spacial score (nSPS) is 19.9. The molecule has 0 aliphatic heterocycles. The molecule has 0 N–H and O–H groups in total. The summed E-state index contributed by atoms with van der Waals surface area (Å²) in [6.45, 7) is 9.50. The molecule has 30 heavy (non-hydrogen) atoms. The van der Waals surface area contributed by atoms with Crippen molar-refractivity contribution in [3.05, 3.63) is 0 Å². The maximum atomic E-state index is 12.0. The van der Waals surface area contributed by atoms with Crippen LogP contribution in [0.5, 0.6) is 0 Å². The number of rotatable bonds is 14. The summed E-state index contributed by atoms with van der Waals surface area (Å²) in [4.78, 5) is 23.9. The van der Waals surface area contributed by atoms with Gasteiger partial charge in [-0.15, -0.1) is 0 Å². The van der Waals surface area contributed by atoms with E-state index in [2.05, 4.69) is 27.7 Å². The molecule has 0 aromatic heterocycles. The van der Waals surface area contributed by atoms with Crippen LogP contribution in [0.2, 0.25) is 0 Å². The molecule has 0 bridgehead atoms. The third-order valence-corrected chi connectivity index (χ3v) is 5.73. The molecule has 3 unspecified atom stereocenters. The van der Waals surface area contributed by atoms with Crippen LogP contribution in [0.25, 0.3) is 0 Å². The maximum absolute atomic E-state index is 12.0. The quantitative estimate of drug-likeness (QED) is 0.218. The van der Waals surface area contributed by atoms with Gasteiger partial charge in [-0.1, -0.05) is 66.2 Å². The Kier molecular flexibility index (Phi) is 14.4. The SMILES string of the molecule is CCCCC(CC)COC(=O)OC1CCCC(OC(=O)OCCCCCC(C)C)C1. The minimum Gasteiger partial charge on any atom is -0.434 e. The van der Waals surface area contributed by atoms with E-state index in [0.29, 0.717) is 31.5 Å². The minimum absolute atomic E-state index is 0.266. The molecule has 1 saturated carbocycles. The largest absolute Gasteiger partial charge is 0.508 e. The number of hydrogen-bond donors (Lipinski definition) is 0. The average Bonchev–Trinajstić information content (AvgIpc) is 2.70. The van der Waals surface area contributed by atoms with Crippen molar-refractivity contribution in [2.45, 2.75) is 117 Å². The van der Waals surface area contributed by atoms with Crippen LogP contribution in [-0.4, -0.2) is 37.7 Å². The number of unbranched alkanes of at least 4 members (excludes halogenated alkanes) is 3. The lowest BCUT2D eigenvalue weighted by atomic mass is 9.95. The number of carbonyl (C=O) groups excluding carboxylic acids is 2. The second-order valence-electron chi connectivity index (χ2n) is 8.97. The van der Waals surface area contributed by atoms with Gasteiger partial charge in [-0.05, 0) is 43.9 Å². The van der Waals surface area contributed by atoms with Gasteiger partial charge in [-0.3, -0.25) is 0 Å². The third kappa shape index (κ3) is 13.0. The van der Waals surface area contributed by atoms with Gasteiger partial charge in [0.1, 0.15) is 12.2 Å². The highest BCUT2D eigenvalue weighted by Crippen LogP contribution is 2.24. The van der Waals surface area contributed by atoms with Gasteiger partial charge in [0.15, 0.2) is 0 Å². The smallest absolute Gasteiger partial charge is 0.434 e. The van der Waals surface area contributed by atoms with E-state index in [1.807, 2.05) is 0 Å². The van der Waals surface area contributed by atoms with E-state index in [0.717, 1.165) is 64.2 Å². The van der Waals surface area contributed by atoms with Gasteiger partial charge in [-0.2, -0.15) is 0 Å². The zero-order valence-corrected chi connectivity index (χ0v) is 19.7. The molecule has 1 aliphatic carbocycles. The molecule has 176 valence electrons. The van der Waals surface area contributed by atoms with Gasteiger partial charge in [0.05, 0.1) is 13.2 Å². The van der Waals surface area contributed by atoms with Gasteiger partial charge in [0.2, 0.25) is 0 Å². The molecule has 1 fully saturated rings. The zero-order valence-electron chi connectivity index (χ0n) is 19.7. The predicted octanol–water partition coefficient (Wildman–Crippen LogP) is 7.04. The first-order valence-corrected chi connectivity index (χ1v) is 12.1. The standard InChI is InChI=1S/C24H44O6/c1-5-7-13-20(6-2)18-28-24(26)30-22-15-11-14-21(17-22)29-23(25)27-16-10-8-9-12-19(3)4/h19-22H,5-18H2,1-4H3. The topological polar surface area (TPSA) is 71.1 Å². The first-order chi connectivity index (χ1) is 14.4. The van der Waals surface area contributed by atoms with Crippen LogP contribution < -0.4 is 0 Å². The van der Waals surface area contributed by atoms with Crippen molar-refractivity contribution in [1.29, 1.82) is 0 Å². The van der Waals surface area contributed by atoms with E-state index in [1.165, 1.54) is 6.42 Å². The molecular weight excluding hydrogens is 384 g/mol. The number of hydrogen-bond acceptors (Lipinski definition) is 6. The van der Waals surface area contributed by atoms with Gasteiger partial charge in [-0.25, -0.2) is 9.59 Å². The summed E-state index contributed by atoms with van der Waals surface area (Å²) in [5.74, 6) is 1.10. The molecule has 0 saturated heterocycles. The third-order valence-electron chi connectivity index (χ3n) is 5.73. The summed E-state index contributed by atoms with van der Waals surface area (Å²) >= 11 is 0. The summed E-state index contributed by atoms with van der Waals surface area (Å²) in [5, 5.41) is 0. The van der Waals surface area contributed by atoms with E-state index >= 15 is 0 Å². The van der Waals surface area contributed by atoms with Crippen LogP contribution in [-0.2, 0) is 18.9 Å². The van der Waals surface area contributed by atoms with Crippen molar-refractivity contribution in [3.63, 3.8) is 0 Å². The Morgan fingerprint density at radius 1 is 0.867 bits per heavy atom.